The van der Waals surface area contributed by atoms with Crippen molar-refractivity contribution in [3.63, 3.8) is 0 Å². The molecule has 0 radical (unpaired) electrons. The molecule has 1 N–H and O–H groups in total. The molecule has 1 aromatic heterocycles. The van der Waals surface area contributed by atoms with Gasteiger partial charge in [0.2, 0.25) is 0 Å². The number of esters is 1. The van der Waals surface area contributed by atoms with Gasteiger partial charge in [0.1, 0.15) is 5.60 Å². The van der Waals surface area contributed by atoms with E-state index in [2.05, 4.69) is 9.97 Å². The molecule has 1 heterocycles. The number of rotatable bonds is 1. The Morgan fingerprint density at radius 1 is 1.38 bits per heavy atom. The first-order valence-corrected chi connectivity index (χ1v) is 5.12. The summed E-state index contributed by atoms with van der Waals surface area (Å²) in [6, 6.07) is 5.27. The van der Waals surface area contributed by atoms with Crippen molar-refractivity contribution < 1.29 is 9.53 Å². The number of hydrogen-bond acceptors (Lipinski definition) is 3. The lowest BCUT2D eigenvalue weighted by Gasteiger charge is -2.19. The first-order chi connectivity index (χ1) is 7.46. The van der Waals surface area contributed by atoms with E-state index in [9.17, 15) is 4.79 Å². The second kappa shape index (κ2) is 3.63. The third-order valence-corrected chi connectivity index (χ3v) is 2.06. The minimum Gasteiger partial charge on any atom is -0.456 e. The number of ether oxygens (including phenoxy) is 1. The summed E-state index contributed by atoms with van der Waals surface area (Å²) in [5, 5.41) is 0. The summed E-state index contributed by atoms with van der Waals surface area (Å²) in [5.74, 6) is -0.322. The monoisotopic (exact) mass is 218 g/mol. The smallest absolute Gasteiger partial charge is 0.338 e. The number of fused-ring (bicyclic) bond motifs is 1. The SMILES string of the molecule is CC(C)(C)OC(=O)c1ccc2[nH]cnc2c1. The van der Waals surface area contributed by atoms with E-state index in [-0.39, 0.29) is 5.97 Å². The van der Waals surface area contributed by atoms with Crippen molar-refractivity contribution in [3.05, 3.63) is 30.1 Å². The van der Waals surface area contributed by atoms with Crippen LogP contribution >= 0.6 is 0 Å². The van der Waals surface area contributed by atoms with E-state index in [4.69, 9.17) is 4.74 Å². The van der Waals surface area contributed by atoms with Crippen LogP contribution in [0, 0.1) is 0 Å². The number of aromatic amines is 1. The van der Waals surface area contributed by atoms with Gasteiger partial charge in [0, 0.05) is 0 Å². The maximum atomic E-state index is 11.8. The molecule has 0 bridgehead atoms. The third kappa shape index (κ3) is 2.21. The predicted octanol–water partition coefficient (Wildman–Crippen LogP) is 2.52. The Labute approximate surface area is 93.6 Å². The summed E-state index contributed by atoms with van der Waals surface area (Å²) in [6.07, 6.45) is 1.60. The van der Waals surface area contributed by atoms with Crippen molar-refractivity contribution in [2.24, 2.45) is 0 Å². The molecule has 2 aromatic rings. The Morgan fingerprint density at radius 2 is 2.12 bits per heavy atom. The van der Waals surface area contributed by atoms with Gasteiger partial charge in [-0.05, 0) is 39.0 Å². The number of carbonyl (C=O) groups excluding carboxylic acids is 1. The van der Waals surface area contributed by atoms with Gasteiger partial charge >= 0.3 is 5.97 Å². The van der Waals surface area contributed by atoms with Gasteiger partial charge < -0.3 is 9.72 Å². The molecule has 1 aromatic carbocycles. The van der Waals surface area contributed by atoms with E-state index in [0.29, 0.717) is 5.56 Å². The van der Waals surface area contributed by atoms with Gasteiger partial charge in [0.25, 0.3) is 0 Å². The Morgan fingerprint density at radius 3 is 2.81 bits per heavy atom. The van der Waals surface area contributed by atoms with Crippen LogP contribution < -0.4 is 0 Å². The highest BCUT2D eigenvalue weighted by atomic mass is 16.6. The van der Waals surface area contributed by atoms with Gasteiger partial charge in [0.15, 0.2) is 0 Å². The number of nitrogens with zero attached hydrogens (tertiary/aromatic N) is 1. The van der Waals surface area contributed by atoms with Gasteiger partial charge in [-0.2, -0.15) is 0 Å². The minimum absolute atomic E-state index is 0.322. The Bertz CT molecular complexity index is 523. The fourth-order valence-electron chi connectivity index (χ4n) is 1.40. The van der Waals surface area contributed by atoms with Gasteiger partial charge in [-0.15, -0.1) is 0 Å². The van der Waals surface area contributed by atoms with Crippen LogP contribution in [0.3, 0.4) is 0 Å². The standard InChI is InChI=1S/C12H14N2O2/c1-12(2,3)16-11(15)8-4-5-9-10(6-8)14-7-13-9/h4-7H,1-3H3,(H,13,14). The normalized spacial score (nSPS) is 11.7. The Kier molecular flexibility index (Phi) is 2.42. The van der Waals surface area contributed by atoms with Crippen molar-refractivity contribution in [1.82, 2.24) is 9.97 Å². The van der Waals surface area contributed by atoms with Crippen LogP contribution in [0.4, 0.5) is 0 Å². The molecule has 0 unspecified atom stereocenters. The van der Waals surface area contributed by atoms with Crippen LogP contribution in [0.1, 0.15) is 31.1 Å². The molecule has 16 heavy (non-hydrogen) atoms. The molecule has 0 saturated carbocycles. The van der Waals surface area contributed by atoms with Gasteiger partial charge in [-0.3, -0.25) is 0 Å². The zero-order valence-electron chi connectivity index (χ0n) is 9.57. The summed E-state index contributed by atoms with van der Waals surface area (Å²) < 4.78 is 5.27. The highest BCUT2D eigenvalue weighted by Crippen LogP contribution is 2.15. The number of hydrogen-bond donors (Lipinski definition) is 1. The van der Waals surface area contributed by atoms with E-state index < -0.39 is 5.60 Å². The fraction of sp³-hybridized carbons (Fsp3) is 0.333. The molecule has 0 aliphatic rings. The molecule has 0 aliphatic heterocycles. The minimum atomic E-state index is -0.475. The topological polar surface area (TPSA) is 55.0 Å². The van der Waals surface area contributed by atoms with Crippen molar-refractivity contribution in [1.29, 1.82) is 0 Å². The highest BCUT2D eigenvalue weighted by Gasteiger charge is 2.18. The first kappa shape index (κ1) is 10.7. The Balaban J connectivity index is 2.29. The Hall–Kier alpha value is -1.84. The van der Waals surface area contributed by atoms with Crippen LogP contribution in [0.2, 0.25) is 0 Å². The fourth-order valence-corrected chi connectivity index (χ4v) is 1.40. The van der Waals surface area contributed by atoms with Crippen LogP contribution in [-0.2, 0) is 4.74 Å². The van der Waals surface area contributed by atoms with E-state index in [1.165, 1.54) is 0 Å². The summed E-state index contributed by atoms with van der Waals surface area (Å²) in [5.41, 5.74) is 1.72. The van der Waals surface area contributed by atoms with E-state index in [1.807, 2.05) is 26.8 Å². The molecule has 84 valence electrons. The van der Waals surface area contributed by atoms with Crippen LogP contribution in [0.5, 0.6) is 0 Å². The molecule has 0 fully saturated rings. The number of aromatic nitrogens is 2. The lowest BCUT2D eigenvalue weighted by atomic mass is 10.1. The quantitative estimate of drug-likeness (QED) is 0.748. The second-order valence-electron chi connectivity index (χ2n) is 4.64. The van der Waals surface area contributed by atoms with Gasteiger partial charge in [-0.1, -0.05) is 0 Å². The maximum Gasteiger partial charge on any atom is 0.338 e. The summed E-state index contributed by atoms with van der Waals surface area (Å²) in [4.78, 5) is 18.8. The van der Waals surface area contributed by atoms with Crippen molar-refractivity contribution >= 4 is 17.0 Å². The number of H-pyrrole nitrogens is 1. The van der Waals surface area contributed by atoms with Crippen molar-refractivity contribution in [3.8, 4) is 0 Å². The molecule has 0 aliphatic carbocycles. The highest BCUT2D eigenvalue weighted by molar-refractivity contribution is 5.93. The van der Waals surface area contributed by atoms with Gasteiger partial charge in [-0.25, -0.2) is 9.78 Å². The van der Waals surface area contributed by atoms with Crippen LogP contribution in [-0.4, -0.2) is 21.5 Å². The molecule has 2 rings (SSSR count). The van der Waals surface area contributed by atoms with Gasteiger partial charge in [0.05, 0.1) is 22.9 Å². The number of nitrogens with one attached hydrogen (secondary N) is 1. The largest absolute Gasteiger partial charge is 0.456 e. The van der Waals surface area contributed by atoms with E-state index >= 15 is 0 Å². The molecule has 4 heteroatoms. The van der Waals surface area contributed by atoms with Crippen molar-refractivity contribution in [2.45, 2.75) is 26.4 Å². The molecule has 0 amide bonds. The number of benzene rings is 1. The zero-order chi connectivity index (χ0) is 11.8. The maximum absolute atomic E-state index is 11.8. The molecule has 0 spiro atoms. The molecular weight excluding hydrogens is 204 g/mol. The van der Waals surface area contributed by atoms with Crippen LogP contribution in [0.25, 0.3) is 11.0 Å². The summed E-state index contributed by atoms with van der Waals surface area (Å²) >= 11 is 0. The lowest BCUT2D eigenvalue weighted by molar-refractivity contribution is 0.00697. The van der Waals surface area contributed by atoms with E-state index in [0.717, 1.165) is 11.0 Å². The number of carbonyl (C=O) groups is 1. The van der Waals surface area contributed by atoms with Crippen LogP contribution in [0.15, 0.2) is 24.5 Å². The average molecular weight is 218 g/mol. The predicted molar refractivity (Wildman–Crippen MR) is 61.3 cm³/mol. The first-order valence-electron chi connectivity index (χ1n) is 5.12. The molecule has 0 atom stereocenters. The number of imidazole rings is 1. The third-order valence-electron chi connectivity index (χ3n) is 2.06. The lowest BCUT2D eigenvalue weighted by Crippen LogP contribution is -2.23. The molecular formula is C12H14N2O2. The van der Waals surface area contributed by atoms with E-state index in [1.54, 1.807) is 18.5 Å². The average Bonchev–Trinajstić information content (AvgIpc) is 2.61. The summed E-state index contributed by atoms with van der Waals surface area (Å²) in [7, 11) is 0. The summed E-state index contributed by atoms with van der Waals surface area (Å²) in [6.45, 7) is 5.54. The second-order valence-corrected chi connectivity index (χ2v) is 4.64. The molecule has 0 saturated heterocycles. The molecule has 4 nitrogen and oxygen atoms in total. The zero-order valence-corrected chi connectivity index (χ0v) is 9.57. The van der Waals surface area contributed by atoms with Crippen molar-refractivity contribution in [2.75, 3.05) is 0 Å².